The lowest BCUT2D eigenvalue weighted by molar-refractivity contribution is -0.114. The topological polar surface area (TPSA) is 99.3 Å². The van der Waals surface area contributed by atoms with Gasteiger partial charge in [0.25, 0.3) is 0 Å². The van der Waals surface area contributed by atoms with Crippen LogP contribution in [-0.2, 0) is 9.59 Å². The third kappa shape index (κ3) is 4.21. The van der Waals surface area contributed by atoms with Gasteiger partial charge >= 0.3 is 0 Å². The van der Waals surface area contributed by atoms with Gasteiger partial charge in [-0.3, -0.25) is 9.59 Å². The Morgan fingerprint density at radius 1 is 0.952 bits per heavy atom. The number of carbonyl (C=O) groups excluding carboxylic acids is 2. The van der Waals surface area contributed by atoms with Gasteiger partial charge in [-0.15, -0.1) is 0 Å². The molecule has 2 aromatic rings. The van der Waals surface area contributed by atoms with Gasteiger partial charge in [-0.2, -0.15) is 0 Å². The minimum Gasteiger partial charge on any atom is -0.457 e. The predicted molar refractivity (Wildman–Crippen MR) is 80.6 cm³/mol. The molecular formula is C16H14N2O3. The Bertz CT molecular complexity index is 727. The Balaban J connectivity index is 2.24. The van der Waals surface area contributed by atoms with Crippen molar-refractivity contribution in [1.82, 2.24) is 0 Å². The van der Waals surface area contributed by atoms with Gasteiger partial charge in [0.15, 0.2) is 0 Å². The van der Waals surface area contributed by atoms with Crippen molar-refractivity contribution in [3.63, 3.8) is 0 Å². The zero-order valence-electron chi connectivity index (χ0n) is 11.2. The van der Waals surface area contributed by atoms with Crippen molar-refractivity contribution in [2.24, 2.45) is 11.5 Å². The smallest absolute Gasteiger partial charge is 0.241 e. The van der Waals surface area contributed by atoms with Crippen LogP contribution in [0.25, 0.3) is 23.5 Å². The molecule has 21 heavy (non-hydrogen) atoms. The largest absolute Gasteiger partial charge is 0.457 e. The standard InChI is InChI=1S/C16H14N2O3/c17-15(19)8-4-11-2-1-3-12(10-11)14-7-5-13(21-14)6-9-16(18)20/h1-10H,(H2,17,19)(H2,18,20)/b8-4+,9-6-. The van der Waals surface area contributed by atoms with E-state index in [0.717, 1.165) is 11.1 Å². The van der Waals surface area contributed by atoms with Crippen molar-refractivity contribution >= 4 is 24.0 Å². The Kier molecular flexibility index (Phi) is 4.36. The van der Waals surface area contributed by atoms with E-state index >= 15 is 0 Å². The normalized spacial score (nSPS) is 11.2. The molecule has 5 heteroatoms. The fourth-order valence-corrected chi connectivity index (χ4v) is 1.74. The van der Waals surface area contributed by atoms with E-state index in [1.54, 1.807) is 18.2 Å². The molecule has 0 saturated heterocycles. The summed E-state index contributed by atoms with van der Waals surface area (Å²) in [6.07, 6.45) is 5.66. The van der Waals surface area contributed by atoms with Crippen LogP contribution in [0.4, 0.5) is 0 Å². The first-order valence-corrected chi connectivity index (χ1v) is 6.20. The van der Waals surface area contributed by atoms with E-state index < -0.39 is 11.8 Å². The van der Waals surface area contributed by atoms with Crippen molar-refractivity contribution in [2.45, 2.75) is 0 Å². The highest BCUT2D eigenvalue weighted by molar-refractivity contribution is 5.90. The van der Waals surface area contributed by atoms with E-state index in [-0.39, 0.29) is 0 Å². The Morgan fingerprint density at radius 2 is 1.67 bits per heavy atom. The molecule has 2 amide bonds. The number of amides is 2. The number of hydrogen-bond donors (Lipinski definition) is 2. The highest BCUT2D eigenvalue weighted by Crippen LogP contribution is 2.24. The van der Waals surface area contributed by atoms with Crippen LogP contribution in [0.2, 0.25) is 0 Å². The SMILES string of the molecule is NC(=O)/C=C\c1ccc(-c2cccc(/C=C/C(N)=O)c2)o1. The van der Waals surface area contributed by atoms with Gasteiger partial charge in [0, 0.05) is 17.7 Å². The summed E-state index contributed by atoms with van der Waals surface area (Å²) in [5, 5.41) is 0. The maximum absolute atomic E-state index is 10.7. The van der Waals surface area contributed by atoms with Crippen LogP contribution in [0.15, 0.2) is 53.0 Å². The molecule has 0 atom stereocenters. The van der Waals surface area contributed by atoms with Crippen molar-refractivity contribution < 1.29 is 14.0 Å². The number of furan rings is 1. The second kappa shape index (κ2) is 6.38. The van der Waals surface area contributed by atoms with Gasteiger partial charge in [0.1, 0.15) is 11.5 Å². The number of nitrogens with two attached hydrogens (primary N) is 2. The molecule has 5 nitrogen and oxygen atoms in total. The average molecular weight is 282 g/mol. The van der Waals surface area contributed by atoms with E-state index in [4.69, 9.17) is 15.9 Å². The summed E-state index contributed by atoms with van der Waals surface area (Å²) in [6.45, 7) is 0. The summed E-state index contributed by atoms with van der Waals surface area (Å²) in [4.78, 5) is 21.4. The molecule has 0 aliphatic carbocycles. The molecule has 0 spiro atoms. The van der Waals surface area contributed by atoms with E-state index in [2.05, 4.69) is 0 Å². The van der Waals surface area contributed by atoms with Crippen LogP contribution >= 0.6 is 0 Å². The molecule has 0 saturated carbocycles. The summed E-state index contributed by atoms with van der Waals surface area (Å²) in [5.41, 5.74) is 11.8. The van der Waals surface area contributed by atoms with Crippen LogP contribution in [0.3, 0.4) is 0 Å². The first-order valence-electron chi connectivity index (χ1n) is 6.20. The summed E-state index contributed by atoms with van der Waals surface area (Å²) < 4.78 is 5.59. The summed E-state index contributed by atoms with van der Waals surface area (Å²) in [7, 11) is 0. The predicted octanol–water partition coefficient (Wildman–Crippen LogP) is 1.94. The zero-order chi connectivity index (χ0) is 15.2. The Labute approximate surface area is 121 Å². The van der Waals surface area contributed by atoms with Gasteiger partial charge in [0.2, 0.25) is 11.8 Å². The number of primary amides is 2. The summed E-state index contributed by atoms with van der Waals surface area (Å²) >= 11 is 0. The molecule has 0 aliphatic heterocycles. The van der Waals surface area contributed by atoms with Crippen molar-refractivity contribution in [2.75, 3.05) is 0 Å². The summed E-state index contributed by atoms with van der Waals surface area (Å²) in [6, 6.07) is 11.0. The van der Waals surface area contributed by atoms with E-state index in [1.807, 2.05) is 24.3 Å². The molecule has 2 rings (SSSR count). The average Bonchev–Trinajstić information content (AvgIpc) is 2.92. The molecule has 4 N–H and O–H groups in total. The molecule has 1 heterocycles. The Morgan fingerprint density at radius 3 is 2.38 bits per heavy atom. The zero-order valence-corrected chi connectivity index (χ0v) is 11.2. The highest BCUT2D eigenvalue weighted by Gasteiger charge is 2.03. The Hall–Kier alpha value is -3.08. The van der Waals surface area contributed by atoms with Gasteiger partial charge < -0.3 is 15.9 Å². The van der Waals surface area contributed by atoms with Crippen LogP contribution in [0.1, 0.15) is 11.3 Å². The van der Waals surface area contributed by atoms with Gasteiger partial charge in [-0.05, 0) is 35.9 Å². The lowest BCUT2D eigenvalue weighted by Gasteiger charge is -1.99. The molecule has 1 aromatic carbocycles. The van der Waals surface area contributed by atoms with Crippen molar-refractivity contribution in [1.29, 1.82) is 0 Å². The third-order valence-electron chi connectivity index (χ3n) is 2.65. The second-order valence-corrected chi connectivity index (χ2v) is 4.30. The number of carbonyl (C=O) groups is 2. The first kappa shape index (κ1) is 14.3. The van der Waals surface area contributed by atoms with Crippen LogP contribution in [0.5, 0.6) is 0 Å². The second-order valence-electron chi connectivity index (χ2n) is 4.30. The van der Waals surface area contributed by atoms with Gasteiger partial charge in [0.05, 0.1) is 0 Å². The minimum atomic E-state index is -0.536. The van der Waals surface area contributed by atoms with Crippen molar-refractivity contribution in [3.8, 4) is 11.3 Å². The van der Waals surface area contributed by atoms with Crippen LogP contribution < -0.4 is 11.5 Å². The first-order chi connectivity index (χ1) is 10.0. The lowest BCUT2D eigenvalue weighted by atomic mass is 10.1. The molecule has 0 radical (unpaired) electrons. The van der Waals surface area contributed by atoms with Crippen molar-refractivity contribution in [3.05, 3.63) is 59.9 Å². The molecule has 0 fully saturated rings. The highest BCUT2D eigenvalue weighted by atomic mass is 16.3. The summed E-state index contributed by atoms with van der Waals surface area (Å²) in [5.74, 6) is 0.138. The maximum atomic E-state index is 10.7. The van der Waals surface area contributed by atoms with Crippen LogP contribution in [0, 0.1) is 0 Å². The minimum absolute atomic E-state index is 0.503. The number of benzene rings is 1. The van der Waals surface area contributed by atoms with Gasteiger partial charge in [-0.25, -0.2) is 0 Å². The monoisotopic (exact) mass is 282 g/mol. The lowest BCUT2D eigenvalue weighted by Crippen LogP contribution is -2.05. The fraction of sp³-hybridized carbons (Fsp3) is 0. The van der Waals surface area contributed by atoms with Crippen LogP contribution in [-0.4, -0.2) is 11.8 Å². The fourth-order valence-electron chi connectivity index (χ4n) is 1.74. The number of rotatable bonds is 5. The molecular weight excluding hydrogens is 268 g/mol. The molecule has 0 bridgehead atoms. The third-order valence-corrected chi connectivity index (χ3v) is 2.65. The quantitative estimate of drug-likeness (QED) is 0.820. The maximum Gasteiger partial charge on any atom is 0.241 e. The molecule has 1 aromatic heterocycles. The number of hydrogen-bond acceptors (Lipinski definition) is 3. The molecule has 0 unspecified atom stereocenters. The molecule has 106 valence electrons. The van der Waals surface area contributed by atoms with E-state index in [0.29, 0.717) is 11.5 Å². The van der Waals surface area contributed by atoms with E-state index in [9.17, 15) is 9.59 Å². The van der Waals surface area contributed by atoms with E-state index in [1.165, 1.54) is 18.2 Å². The van der Waals surface area contributed by atoms with Gasteiger partial charge in [-0.1, -0.05) is 18.2 Å². The molecule has 0 aliphatic rings.